The number of rotatable bonds is 7. The maximum absolute atomic E-state index is 13.0. The number of piperidine rings is 1. The Morgan fingerprint density at radius 2 is 1.38 bits per heavy atom. The normalized spacial score (nSPS) is 13.8. The van der Waals surface area contributed by atoms with E-state index in [0.29, 0.717) is 54.4 Å². The lowest BCUT2D eigenvalue weighted by Gasteiger charge is -2.31. The zero-order valence-corrected chi connectivity index (χ0v) is 19.3. The highest BCUT2D eigenvalue weighted by atomic mass is 16.5. The van der Waals surface area contributed by atoms with Crippen molar-refractivity contribution >= 4 is 17.5 Å². The Morgan fingerprint density at radius 3 is 1.97 bits per heavy atom. The molecule has 1 aliphatic rings. The fraction of sp³-hybridized carbons (Fsp3) is 0.259. The van der Waals surface area contributed by atoms with Crippen LogP contribution in [0.5, 0.6) is 23.0 Å². The number of likely N-dealkylation sites (tertiary alicyclic amines) is 1. The Hall–Kier alpha value is -4.00. The first-order valence-electron chi connectivity index (χ1n) is 11.2. The van der Waals surface area contributed by atoms with Gasteiger partial charge in [-0.15, -0.1) is 0 Å². The van der Waals surface area contributed by atoms with Gasteiger partial charge in [0, 0.05) is 36.3 Å². The number of nitrogens with one attached hydrogen (secondary N) is 1. The van der Waals surface area contributed by atoms with Gasteiger partial charge in [-0.25, -0.2) is 0 Å². The number of carbonyl (C=O) groups excluding carboxylic acids is 2. The maximum Gasteiger partial charge on any atom is 0.254 e. The van der Waals surface area contributed by atoms with E-state index in [4.69, 9.17) is 14.2 Å². The smallest absolute Gasteiger partial charge is 0.254 e. The summed E-state index contributed by atoms with van der Waals surface area (Å²) in [5.41, 5.74) is 1.23. The Balaban J connectivity index is 1.30. The number of hydrogen-bond donors (Lipinski definition) is 1. The summed E-state index contributed by atoms with van der Waals surface area (Å²) >= 11 is 0. The summed E-state index contributed by atoms with van der Waals surface area (Å²) in [5.74, 6) is 2.31. The predicted molar refractivity (Wildman–Crippen MR) is 130 cm³/mol. The van der Waals surface area contributed by atoms with E-state index in [1.165, 1.54) is 0 Å². The number of carbonyl (C=O) groups is 2. The van der Waals surface area contributed by atoms with Gasteiger partial charge in [0.25, 0.3) is 5.91 Å². The van der Waals surface area contributed by atoms with E-state index in [9.17, 15) is 9.59 Å². The monoisotopic (exact) mass is 460 g/mol. The lowest BCUT2D eigenvalue weighted by atomic mass is 9.95. The first kappa shape index (κ1) is 23.2. The molecule has 1 N–H and O–H groups in total. The molecule has 3 aromatic carbocycles. The van der Waals surface area contributed by atoms with Gasteiger partial charge in [-0.2, -0.15) is 0 Å². The van der Waals surface area contributed by atoms with E-state index in [2.05, 4.69) is 5.32 Å². The number of benzene rings is 3. The van der Waals surface area contributed by atoms with Gasteiger partial charge in [0.15, 0.2) is 0 Å². The van der Waals surface area contributed by atoms with Crippen molar-refractivity contribution in [2.45, 2.75) is 12.8 Å². The molecule has 7 heteroatoms. The second-order valence-electron chi connectivity index (χ2n) is 8.10. The van der Waals surface area contributed by atoms with Crippen LogP contribution in [-0.4, -0.2) is 44.0 Å². The van der Waals surface area contributed by atoms with Crippen molar-refractivity contribution in [2.24, 2.45) is 5.92 Å². The minimum atomic E-state index is -0.149. The van der Waals surface area contributed by atoms with Crippen LogP contribution < -0.4 is 19.5 Å². The van der Waals surface area contributed by atoms with Crippen LogP contribution in [0, 0.1) is 5.92 Å². The van der Waals surface area contributed by atoms with E-state index in [1.54, 1.807) is 37.3 Å². The number of amides is 2. The molecule has 4 rings (SSSR count). The SMILES string of the molecule is COc1cc(OC)cc(C(=O)N2CCC(C(=O)Nc3ccc(Oc4ccccc4)cc3)CC2)c1. The van der Waals surface area contributed by atoms with Gasteiger partial charge in [0.1, 0.15) is 23.0 Å². The van der Waals surface area contributed by atoms with E-state index in [1.807, 2.05) is 54.6 Å². The van der Waals surface area contributed by atoms with Gasteiger partial charge < -0.3 is 24.4 Å². The van der Waals surface area contributed by atoms with Crippen molar-refractivity contribution in [1.29, 1.82) is 0 Å². The Labute approximate surface area is 199 Å². The lowest BCUT2D eigenvalue weighted by molar-refractivity contribution is -0.121. The van der Waals surface area contributed by atoms with Gasteiger partial charge in [-0.1, -0.05) is 18.2 Å². The van der Waals surface area contributed by atoms with Crippen molar-refractivity contribution in [1.82, 2.24) is 4.90 Å². The molecule has 0 unspecified atom stereocenters. The molecule has 0 aliphatic carbocycles. The molecular formula is C27H28N2O5. The number of para-hydroxylation sites is 1. The quantitative estimate of drug-likeness (QED) is 0.538. The van der Waals surface area contributed by atoms with E-state index in [0.717, 1.165) is 5.75 Å². The molecule has 7 nitrogen and oxygen atoms in total. The third kappa shape index (κ3) is 5.67. The van der Waals surface area contributed by atoms with Crippen LogP contribution >= 0.6 is 0 Å². The van der Waals surface area contributed by atoms with Crippen molar-refractivity contribution in [3.8, 4) is 23.0 Å². The van der Waals surface area contributed by atoms with Gasteiger partial charge in [0.2, 0.25) is 5.91 Å². The zero-order chi connectivity index (χ0) is 23.9. The number of methoxy groups -OCH3 is 2. The highest BCUT2D eigenvalue weighted by molar-refractivity contribution is 5.96. The van der Waals surface area contributed by atoms with Crippen molar-refractivity contribution in [2.75, 3.05) is 32.6 Å². The summed E-state index contributed by atoms with van der Waals surface area (Å²) in [5, 5.41) is 2.98. The van der Waals surface area contributed by atoms with Crippen molar-refractivity contribution < 1.29 is 23.8 Å². The van der Waals surface area contributed by atoms with Crippen LogP contribution in [0.25, 0.3) is 0 Å². The molecular weight excluding hydrogens is 432 g/mol. The summed E-state index contributed by atoms with van der Waals surface area (Å²) < 4.78 is 16.3. The second-order valence-corrected chi connectivity index (χ2v) is 8.10. The van der Waals surface area contributed by atoms with Crippen LogP contribution in [0.1, 0.15) is 23.2 Å². The van der Waals surface area contributed by atoms with Crippen LogP contribution in [0.2, 0.25) is 0 Å². The van der Waals surface area contributed by atoms with Gasteiger partial charge in [-0.3, -0.25) is 9.59 Å². The van der Waals surface area contributed by atoms with Gasteiger partial charge in [-0.05, 0) is 61.4 Å². The Morgan fingerprint density at radius 1 is 0.794 bits per heavy atom. The molecule has 1 heterocycles. The highest BCUT2D eigenvalue weighted by Crippen LogP contribution is 2.27. The summed E-state index contributed by atoms with van der Waals surface area (Å²) in [6, 6.07) is 22.0. The first-order valence-corrected chi connectivity index (χ1v) is 11.2. The molecule has 176 valence electrons. The number of ether oxygens (including phenoxy) is 3. The van der Waals surface area contributed by atoms with Crippen molar-refractivity contribution in [3.63, 3.8) is 0 Å². The standard InChI is InChI=1S/C27H28N2O5/c1-32-24-16-20(17-25(18-24)33-2)27(31)29-14-12-19(13-15-29)26(30)28-21-8-10-23(11-9-21)34-22-6-4-3-5-7-22/h3-11,16-19H,12-15H2,1-2H3,(H,28,30). The zero-order valence-electron chi connectivity index (χ0n) is 19.3. The largest absolute Gasteiger partial charge is 0.497 e. The number of nitrogens with zero attached hydrogens (tertiary/aromatic N) is 1. The van der Waals surface area contributed by atoms with E-state index in [-0.39, 0.29) is 17.7 Å². The van der Waals surface area contributed by atoms with Crippen molar-refractivity contribution in [3.05, 3.63) is 78.4 Å². The molecule has 34 heavy (non-hydrogen) atoms. The summed E-state index contributed by atoms with van der Waals surface area (Å²) in [6.07, 6.45) is 1.21. The third-order valence-electron chi connectivity index (χ3n) is 5.85. The first-order chi connectivity index (χ1) is 16.6. The van der Waals surface area contributed by atoms with Gasteiger partial charge in [0.05, 0.1) is 14.2 Å². The van der Waals surface area contributed by atoms with Crippen LogP contribution in [0.4, 0.5) is 5.69 Å². The van der Waals surface area contributed by atoms with E-state index < -0.39 is 0 Å². The molecule has 0 saturated carbocycles. The summed E-state index contributed by atoms with van der Waals surface area (Å²) in [7, 11) is 3.11. The molecule has 0 atom stereocenters. The molecule has 3 aromatic rings. The fourth-order valence-electron chi connectivity index (χ4n) is 3.93. The third-order valence-corrected chi connectivity index (χ3v) is 5.85. The summed E-state index contributed by atoms with van der Waals surface area (Å²) in [4.78, 5) is 27.5. The second kappa shape index (κ2) is 10.7. The number of anilines is 1. The molecule has 1 saturated heterocycles. The topological polar surface area (TPSA) is 77.1 Å². The minimum Gasteiger partial charge on any atom is -0.497 e. The molecule has 2 amide bonds. The lowest BCUT2D eigenvalue weighted by Crippen LogP contribution is -2.41. The molecule has 0 aromatic heterocycles. The Kier molecular flexibility index (Phi) is 7.32. The molecule has 0 radical (unpaired) electrons. The highest BCUT2D eigenvalue weighted by Gasteiger charge is 2.28. The van der Waals surface area contributed by atoms with Gasteiger partial charge >= 0.3 is 0 Å². The summed E-state index contributed by atoms with van der Waals surface area (Å²) in [6.45, 7) is 1.03. The molecule has 1 fully saturated rings. The fourth-order valence-corrected chi connectivity index (χ4v) is 3.93. The van der Waals surface area contributed by atoms with E-state index >= 15 is 0 Å². The average molecular weight is 461 g/mol. The maximum atomic E-state index is 13.0. The van der Waals surface area contributed by atoms with Crippen LogP contribution in [0.15, 0.2) is 72.8 Å². The van der Waals surface area contributed by atoms with Crippen LogP contribution in [-0.2, 0) is 4.79 Å². The Bertz CT molecular complexity index is 1100. The minimum absolute atomic E-state index is 0.0353. The number of hydrogen-bond acceptors (Lipinski definition) is 5. The average Bonchev–Trinajstić information content (AvgIpc) is 2.89. The predicted octanol–water partition coefficient (Wildman–Crippen LogP) is 4.99. The molecule has 0 bridgehead atoms. The molecule has 0 spiro atoms. The molecule has 1 aliphatic heterocycles. The van der Waals surface area contributed by atoms with Crippen LogP contribution in [0.3, 0.4) is 0 Å².